The molecule has 2 aromatic rings. The van der Waals surface area contributed by atoms with Gasteiger partial charge < -0.3 is 10.1 Å². The maximum absolute atomic E-state index is 12.7. The molecule has 128 valence electrons. The Labute approximate surface area is 148 Å². The van der Waals surface area contributed by atoms with Crippen molar-refractivity contribution in [2.45, 2.75) is 32.4 Å². The summed E-state index contributed by atoms with van der Waals surface area (Å²) in [6.45, 7) is 3.91. The van der Waals surface area contributed by atoms with E-state index >= 15 is 0 Å². The van der Waals surface area contributed by atoms with Gasteiger partial charge in [-0.3, -0.25) is 4.79 Å². The van der Waals surface area contributed by atoms with Gasteiger partial charge in [-0.2, -0.15) is 5.26 Å². The van der Waals surface area contributed by atoms with E-state index < -0.39 is 6.10 Å². The Bertz CT molecular complexity index is 782. The number of amides is 1. The Morgan fingerprint density at radius 3 is 2.48 bits per heavy atom. The summed E-state index contributed by atoms with van der Waals surface area (Å²) >= 11 is 0. The van der Waals surface area contributed by atoms with Crippen LogP contribution in [0.4, 0.5) is 0 Å². The third kappa shape index (κ3) is 4.00. The van der Waals surface area contributed by atoms with Crippen LogP contribution in [-0.2, 0) is 4.79 Å². The standard InChI is InChI=1S/C21H22N2O2/c1-14-12-18(14)20(16-8-4-3-5-9-16)23-21(24)15(2)25-19-11-7-6-10-17(19)13-22/h3-11,14-15,18,20H,12H2,1-2H3,(H,23,24). The fourth-order valence-corrected chi connectivity index (χ4v) is 3.09. The molecule has 1 amide bonds. The van der Waals surface area contributed by atoms with E-state index in [1.54, 1.807) is 31.2 Å². The van der Waals surface area contributed by atoms with Gasteiger partial charge in [0.1, 0.15) is 11.8 Å². The second-order valence-corrected chi connectivity index (χ2v) is 6.64. The molecule has 0 saturated heterocycles. The average molecular weight is 334 g/mol. The summed E-state index contributed by atoms with van der Waals surface area (Å²) in [7, 11) is 0. The lowest BCUT2D eigenvalue weighted by Gasteiger charge is -2.22. The van der Waals surface area contributed by atoms with Crippen molar-refractivity contribution in [3.63, 3.8) is 0 Å². The molecule has 4 nitrogen and oxygen atoms in total. The summed E-state index contributed by atoms with van der Waals surface area (Å²) in [5, 5.41) is 12.3. The van der Waals surface area contributed by atoms with Crippen molar-refractivity contribution in [2.75, 3.05) is 0 Å². The molecule has 4 atom stereocenters. The number of hydrogen-bond donors (Lipinski definition) is 1. The van der Waals surface area contributed by atoms with Gasteiger partial charge in [0.05, 0.1) is 11.6 Å². The van der Waals surface area contributed by atoms with Crippen LogP contribution in [0.25, 0.3) is 0 Å². The van der Waals surface area contributed by atoms with Gasteiger partial charge in [-0.15, -0.1) is 0 Å². The van der Waals surface area contributed by atoms with Crippen molar-refractivity contribution in [1.82, 2.24) is 5.32 Å². The first-order valence-corrected chi connectivity index (χ1v) is 8.61. The van der Waals surface area contributed by atoms with Crippen molar-refractivity contribution < 1.29 is 9.53 Å². The van der Waals surface area contributed by atoms with Gasteiger partial charge in [0.15, 0.2) is 6.10 Å². The van der Waals surface area contributed by atoms with Gasteiger partial charge >= 0.3 is 0 Å². The van der Waals surface area contributed by atoms with E-state index in [4.69, 9.17) is 10.00 Å². The van der Waals surface area contributed by atoms with Crippen LogP contribution in [0.15, 0.2) is 54.6 Å². The van der Waals surface area contributed by atoms with E-state index in [-0.39, 0.29) is 11.9 Å². The minimum atomic E-state index is -0.672. The third-order valence-electron chi connectivity index (χ3n) is 4.74. The number of rotatable bonds is 6. The highest BCUT2D eigenvalue weighted by molar-refractivity contribution is 5.81. The predicted octanol–water partition coefficient (Wildman–Crippen LogP) is 3.84. The Hall–Kier alpha value is -2.80. The number of nitrogens with one attached hydrogen (secondary N) is 1. The number of ether oxygens (including phenoxy) is 1. The van der Waals surface area contributed by atoms with E-state index in [0.717, 1.165) is 12.0 Å². The molecule has 0 bridgehead atoms. The van der Waals surface area contributed by atoms with E-state index in [1.165, 1.54) is 0 Å². The van der Waals surface area contributed by atoms with E-state index in [0.29, 0.717) is 23.1 Å². The van der Waals surface area contributed by atoms with Crippen LogP contribution in [0.5, 0.6) is 5.75 Å². The predicted molar refractivity (Wildman–Crippen MR) is 95.8 cm³/mol. The highest BCUT2D eigenvalue weighted by Gasteiger charge is 2.41. The van der Waals surface area contributed by atoms with Gasteiger partial charge in [-0.05, 0) is 42.9 Å². The van der Waals surface area contributed by atoms with E-state index in [2.05, 4.69) is 18.3 Å². The first kappa shape index (κ1) is 17.0. The summed E-state index contributed by atoms with van der Waals surface area (Å²) in [6.07, 6.45) is 0.446. The minimum absolute atomic E-state index is 0.000889. The molecule has 0 aliphatic heterocycles. The molecule has 4 unspecified atom stereocenters. The molecule has 1 aliphatic carbocycles. The zero-order valence-corrected chi connectivity index (χ0v) is 14.5. The molecule has 0 spiro atoms. The lowest BCUT2D eigenvalue weighted by molar-refractivity contribution is -0.128. The highest BCUT2D eigenvalue weighted by atomic mass is 16.5. The average Bonchev–Trinajstić information content (AvgIpc) is 3.36. The number of carbonyl (C=O) groups is 1. The van der Waals surface area contributed by atoms with Crippen LogP contribution in [0.3, 0.4) is 0 Å². The molecule has 25 heavy (non-hydrogen) atoms. The SMILES string of the molecule is CC(Oc1ccccc1C#N)C(=O)NC(c1ccccc1)C1CC1C. The first-order valence-electron chi connectivity index (χ1n) is 8.61. The van der Waals surface area contributed by atoms with Crippen LogP contribution in [-0.4, -0.2) is 12.0 Å². The number of benzene rings is 2. The lowest BCUT2D eigenvalue weighted by Crippen LogP contribution is -2.39. The summed E-state index contributed by atoms with van der Waals surface area (Å²) in [4.78, 5) is 12.7. The normalized spacial score (nSPS) is 20.8. The molecule has 0 radical (unpaired) electrons. The monoisotopic (exact) mass is 334 g/mol. The Kier molecular flexibility index (Phi) is 5.04. The topological polar surface area (TPSA) is 62.1 Å². The highest BCUT2D eigenvalue weighted by Crippen LogP contribution is 2.46. The zero-order chi connectivity index (χ0) is 17.8. The van der Waals surface area contributed by atoms with Gasteiger partial charge in [-0.25, -0.2) is 0 Å². The fourth-order valence-electron chi connectivity index (χ4n) is 3.09. The third-order valence-corrected chi connectivity index (χ3v) is 4.74. The number of nitrogens with zero attached hydrogens (tertiary/aromatic N) is 1. The van der Waals surface area contributed by atoms with Crippen molar-refractivity contribution in [3.05, 3.63) is 65.7 Å². The Morgan fingerprint density at radius 2 is 1.84 bits per heavy atom. The molecule has 3 rings (SSSR count). The molecular weight excluding hydrogens is 312 g/mol. The second kappa shape index (κ2) is 7.40. The van der Waals surface area contributed by atoms with Crippen molar-refractivity contribution >= 4 is 5.91 Å². The smallest absolute Gasteiger partial charge is 0.261 e. The first-order chi connectivity index (χ1) is 12.1. The van der Waals surface area contributed by atoms with Crippen LogP contribution >= 0.6 is 0 Å². The molecule has 0 heterocycles. The number of carbonyl (C=O) groups excluding carboxylic acids is 1. The summed E-state index contributed by atoms with van der Waals surface area (Å²) in [6, 6.07) is 19.1. The van der Waals surface area contributed by atoms with Crippen molar-refractivity contribution in [1.29, 1.82) is 5.26 Å². The van der Waals surface area contributed by atoms with Crippen LogP contribution in [0, 0.1) is 23.2 Å². The summed E-state index contributed by atoms with van der Waals surface area (Å²) < 4.78 is 5.73. The molecular formula is C21H22N2O2. The zero-order valence-electron chi connectivity index (χ0n) is 14.5. The van der Waals surface area contributed by atoms with Crippen molar-refractivity contribution in [3.8, 4) is 11.8 Å². The maximum atomic E-state index is 12.7. The Balaban J connectivity index is 1.70. The van der Waals surface area contributed by atoms with Gasteiger partial charge in [0, 0.05) is 0 Å². The second-order valence-electron chi connectivity index (χ2n) is 6.64. The molecule has 1 aliphatic rings. The number of nitriles is 1. The molecule has 4 heteroatoms. The lowest BCUT2D eigenvalue weighted by atomic mass is 10.0. The molecule has 1 saturated carbocycles. The quantitative estimate of drug-likeness (QED) is 0.873. The minimum Gasteiger partial charge on any atom is -0.480 e. The van der Waals surface area contributed by atoms with Gasteiger partial charge in [-0.1, -0.05) is 49.4 Å². The number of para-hydroxylation sites is 1. The molecule has 2 aromatic carbocycles. The van der Waals surface area contributed by atoms with Crippen LogP contribution in [0.1, 0.15) is 37.4 Å². The van der Waals surface area contributed by atoms with E-state index in [9.17, 15) is 4.79 Å². The summed E-state index contributed by atoms with van der Waals surface area (Å²) in [5.41, 5.74) is 1.55. The number of hydrogen-bond acceptors (Lipinski definition) is 3. The fraction of sp³-hybridized carbons (Fsp3) is 0.333. The Morgan fingerprint density at radius 1 is 1.20 bits per heavy atom. The molecule has 0 aromatic heterocycles. The molecule has 1 fully saturated rings. The van der Waals surface area contributed by atoms with Gasteiger partial charge in [0.25, 0.3) is 5.91 Å². The van der Waals surface area contributed by atoms with Crippen LogP contribution in [0.2, 0.25) is 0 Å². The summed E-state index contributed by atoms with van der Waals surface area (Å²) in [5.74, 6) is 1.34. The molecule has 1 N–H and O–H groups in total. The van der Waals surface area contributed by atoms with Crippen molar-refractivity contribution in [2.24, 2.45) is 11.8 Å². The van der Waals surface area contributed by atoms with Crippen LogP contribution < -0.4 is 10.1 Å². The maximum Gasteiger partial charge on any atom is 0.261 e. The van der Waals surface area contributed by atoms with Gasteiger partial charge in [0.2, 0.25) is 0 Å². The largest absolute Gasteiger partial charge is 0.480 e. The van der Waals surface area contributed by atoms with E-state index in [1.807, 2.05) is 30.3 Å².